The van der Waals surface area contributed by atoms with Crippen molar-refractivity contribution in [3.05, 3.63) is 36.5 Å². The summed E-state index contributed by atoms with van der Waals surface area (Å²) in [6.07, 6.45) is 67.4. The lowest BCUT2D eigenvalue weighted by Crippen LogP contribution is -3.00. The van der Waals surface area contributed by atoms with Gasteiger partial charge in [-0.25, -0.2) is 0 Å². The maximum atomic E-state index is 13.2. The molecule has 0 bridgehead atoms. The van der Waals surface area contributed by atoms with Crippen molar-refractivity contribution >= 4 is 11.9 Å². The molecule has 0 aliphatic heterocycles. The molecule has 0 aromatic heterocycles. The number of hydrogen-bond donors (Lipinski definition) is 0. The van der Waals surface area contributed by atoms with Gasteiger partial charge in [-0.3, -0.25) is 9.59 Å². The van der Waals surface area contributed by atoms with Crippen molar-refractivity contribution < 1.29 is 36.0 Å². The fourth-order valence-corrected chi connectivity index (χ4v) is 9.07. The molecule has 0 unspecified atom stereocenters. The zero-order valence-corrected chi connectivity index (χ0v) is 47.4. The first kappa shape index (κ1) is 68.5. The van der Waals surface area contributed by atoms with Crippen LogP contribution in [0.25, 0.3) is 0 Å². The van der Waals surface area contributed by atoms with Crippen LogP contribution in [-0.4, -0.2) is 57.3 Å². The predicted molar refractivity (Wildman–Crippen MR) is 295 cm³/mol. The molecule has 0 heterocycles. The van der Waals surface area contributed by atoms with Crippen LogP contribution in [0, 0.1) is 5.41 Å². The Labute approximate surface area is 432 Å². The highest BCUT2D eigenvalue weighted by molar-refractivity contribution is 5.69. The van der Waals surface area contributed by atoms with Crippen LogP contribution in [0.3, 0.4) is 0 Å². The van der Waals surface area contributed by atoms with Crippen LogP contribution in [-0.2, 0) is 19.1 Å². The highest BCUT2D eigenvalue weighted by Crippen LogP contribution is 2.33. The number of nitrogens with zero attached hydrogens (tertiary/aromatic N) is 1. The molecular formula is C62H118ClNO4. The van der Waals surface area contributed by atoms with E-state index in [0.29, 0.717) is 26.1 Å². The molecule has 0 aromatic rings. The smallest absolute Gasteiger partial charge is 0.305 e. The van der Waals surface area contributed by atoms with Crippen molar-refractivity contribution in [3.8, 4) is 0 Å². The number of hydrogen-bond acceptors (Lipinski definition) is 4. The molecule has 5 nitrogen and oxygen atoms in total. The topological polar surface area (TPSA) is 52.6 Å². The zero-order valence-electron chi connectivity index (χ0n) is 46.7. The first-order chi connectivity index (χ1) is 32.7. The third-order valence-electron chi connectivity index (χ3n) is 13.9. The first-order valence-corrected chi connectivity index (χ1v) is 29.7. The maximum absolute atomic E-state index is 13.2. The Kier molecular flexibility index (Phi) is 53.6. The fraction of sp³-hybridized carbons (Fsp3) is 0.871. The average molecular weight is 977 g/mol. The van der Waals surface area contributed by atoms with Gasteiger partial charge in [0.05, 0.1) is 27.7 Å². The second kappa shape index (κ2) is 53.2. The Bertz CT molecular complexity index is 1090. The first-order valence-electron chi connectivity index (χ1n) is 29.7. The standard InChI is InChI=1S/C62H118NO4.ClH/c1-7-10-13-16-19-22-25-28-31-34-37-40-43-46-49-52-55-62(56-57-63(4,5)6,58-66-60(64)53-50-47-44-41-38-35-32-29-26-23-20-17-14-11-8-2)59-67-61(65)54-51-48-45-42-39-36-33-30-27-24-21-18-15-12-9-3;/h28-33H,7-27,34-59H2,1-6H3;1H/q+1;/p-1/b31-28?,32-29-,33-30-;. The zero-order chi connectivity index (χ0) is 49.0. The van der Waals surface area contributed by atoms with Crippen molar-refractivity contribution in [3.63, 3.8) is 0 Å². The van der Waals surface area contributed by atoms with Crippen molar-refractivity contribution in [1.29, 1.82) is 0 Å². The summed E-state index contributed by atoms with van der Waals surface area (Å²) in [5.41, 5.74) is -0.344. The van der Waals surface area contributed by atoms with Crippen LogP contribution in [0.2, 0.25) is 0 Å². The summed E-state index contributed by atoms with van der Waals surface area (Å²) >= 11 is 0. The Morgan fingerprint density at radius 1 is 0.353 bits per heavy atom. The number of carbonyl (C=O) groups excluding carboxylic acids is 2. The molecule has 0 fully saturated rings. The number of esters is 2. The number of quaternary nitrogens is 1. The monoisotopic (exact) mass is 976 g/mol. The predicted octanol–water partition coefficient (Wildman–Crippen LogP) is 16.7. The largest absolute Gasteiger partial charge is 1.00 e. The van der Waals surface area contributed by atoms with E-state index in [1.807, 2.05) is 0 Å². The van der Waals surface area contributed by atoms with Gasteiger partial charge in [0.25, 0.3) is 0 Å². The van der Waals surface area contributed by atoms with E-state index in [4.69, 9.17) is 9.47 Å². The van der Waals surface area contributed by atoms with Crippen molar-refractivity contribution in [1.82, 2.24) is 0 Å². The Morgan fingerprint density at radius 3 is 0.882 bits per heavy atom. The van der Waals surface area contributed by atoms with E-state index in [2.05, 4.69) is 78.4 Å². The Morgan fingerprint density at radius 2 is 0.603 bits per heavy atom. The van der Waals surface area contributed by atoms with E-state index in [1.165, 1.54) is 225 Å². The molecule has 0 aliphatic carbocycles. The van der Waals surface area contributed by atoms with Gasteiger partial charge in [-0.1, -0.05) is 224 Å². The highest BCUT2D eigenvalue weighted by atomic mass is 35.5. The molecular weight excluding hydrogens is 858 g/mol. The number of carbonyl (C=O) groups is 2. The van der Waals surface area contributed by atoms with E-state index < -0.39 is 0 Å². The number of ether oxygens (including phenoxy) is 2. The Hall–Kier alpha value is -1.59. The quantitative estimate of drug-likeness (QED) is 0.0264. The molecule has 0 atom stereocenters. The number of halogens is 1. The molecule has 0 spiro atoms. The molecule has 0 aliphatic rings. The molecule has 0 amide bonds. The van der Waals surface area contributed by atoms with Crippen LogP contribution in [0.15, 0.2) is 36.5 Å². The van der Waals surface area contributed by atoms with Gasteiger partial charge in [0.2, 0.25) is 0 Å². The molecule has 0 rings (SSSR count). The minimum absolute atomic E-state index is 0. The van der Waals surface area contributed by atoms with Crippen molar-refractivity contribution in [2.24, 2.45) is 5.41 Å². The lowest BCUT2D eigenvalue weighted by molar-refractivity contribution is -0.871. The second-order valence-electron chi connectivity index (χ2n) is 21.9. The van der Waals surface area contributed by atoms with Gasteiger partial charge >= 0.3 is 11.9 Å². The number of rotatable bonds is 53. The summed E-state index contributed by atoms with van der Waals surface area (Å²) in [6, 6.07) is 0. The van der Waals surface area contributed by atoms with E-state index in [-0.39, 0.29) is 29.8 Å². The molecule has 0 saturated carbocycles. The van der Waals surface area contributed by atoms with Gasteiger partial charge in [0.1, 0.15) is 13.2 Å². The van der Waals surface area contributed by atoms with Crippen LogP contribution < -0.4 is 12.4 Å². The van der Waals surface area contributed by atoms with Crippen LogP contribution in [0.5, 0.6) is 0 Å². The summed E-state index contributed by atoms with van der Waals surface area (Å²) in [4.78, 5) is 26.4. The molecule has 0 radical (unpaired) electrons. The van der Waals surface area contributed by atoms with E-state index in [9.17, 15) is 9.59 Å². The third-order valence-corrected chi connectivity index (χ3v) is 13.9. The van der Waals surface area contributed by atoms with Gasteiger partial charge in [-0.15, -0.1) is 0 Å². The van der Waals surface area contributed by atoms with Crippen LogP contribution in [0.4, 0.5) is 0 Å². The molecule has 0 aromatic carbocycles. The summed E-state index contributed by atoms with van der Waals surface area (Å²) < 4.78 is 13.1. The SMILES string of the molecule is CCCCCCCCC=CCCCCCCCCC(CC[N+](C)(C)C)(COC(=O)CCCCCCC/C=C\CCCCCCCC)COC(=O)CCCCCCC/C=C\CCCCCCCC.[Cl-]. The second-order valence-corrected chi connectivity index (χ2v) is 21.9. The molecule has 402 valence electrons. The lowest BCUT2D eigenvalue weighted by atomic mass is 9.80. The molecule has 0 N–H and O–H groups in total. The normalized spacial score (nSPS) is 12.2. The summed E-state index contributed by atoms with van der Waals surface area (Å²) in [5.74, 6) is -0.180. The molecule has 68 heavy (non-hydrogen) atoms. The van der Waals surface area contributed by atoms with Gasteiger partial charge in [0.15, 0.2) is 0 Å². The van der Waals surface area contributed by atoms with Gasteiger partial charge in [-0.2, -0.15) is 0 Å². The Balaban J connectivity index is 0. The minimum atomic E-state index is -0.344. The number of allylic oxidation sites excluding steroid dienone is 6. The lowest BCUT2D eigenvalue weighted by Gasteiger charge is -2.36. The van der Waals surface area contributed by atoms with Crippen molar-refractivity contribution in [2.45, 2.75) is 303 Å². The summed E-state index contributed by atoms with van der Waals surface area (Å²) in [6.45, 7) is 8.49. The van der Waals surface area contributed by atoms with Gasteiger partial charge < -0.3 is 26.4 Å². The van der Waals surface area contributed by atoms with E-state index >= 15 is 0 Å². The summed E-state index contributed by atoms with van der Waals surface area (Å²) in [5, 5.41) is 0. The third kappa shape index (κ3) is 52.2. The van der Waals surface area contributed by atoms with Crippen LogP contribution >= 0.6 is 0 Å². The molecule has 0 saturated heterocycles. The molecule has 6 heteroatoms. The minimum Gasteiger partial charge on any atom is -1.00 e. The highest BCUT2D eigenvalue weighted by Gasteiger charge is 2.35. The number of unbranched alkanes of at least 4 members (excludes halogenated alkanes) is 34. The van der Waals surface area contributed by atoms with E-state index in [1.54, 1.807) is 0 Å². The summed E-state index contributed by atoms with van der Waals surface area (Å²) in [7, 11) is 6.68. The van der Waals surface area contributed by atoms with Crippen LogP contribution in [0.1, 0.15) is 303 Å². The fourth-order valence-electron chi connectivity index (χ4n) is 9.07. The maximum Gasteiger partial charge on any atom is 0.305 e. The average Bonchev–Trinajstić information content (AvgIpc) is 3.31. The van der Waals surface area contributed by atoms with E-state index in [0.717, 1.165) is 56.0 Å². The van der Waals surface area contributed by atoms with Gasteiger partial charge in [-0.05, 0) is 96.3 Å². The van der Waals surface area contributed by atoms with Gasteiger partial charge in [0, 0.05) is 24.7 Å². The van der Waals surface area contributed by atoms with Crippen molar-refractivity contribution in [2.75, 3.05) is 40.9 Å².